The molecule has 0 saturated carbocycles. The summed E-state index contributed by atoms with van der Waals surface area (Å²) in [6.07, 6.45) is 1.67. The van der Waals surface area contributed by atoms with Crippen molar-refractivity contribution in [3.05, 3.63) is 53.3 Å². The van der Waals surface area contributed by atoms with Gasteiger partial charge in [0.2, 0.25) is 0 Å². The number of pyridine rings is 1. The van der Waals surface area contributed by atoms with Gasteiger partial charge >= 0.3 is 0 Å². The van der Waals surface area contributed by atoms with E-state index in [0.717, 1.165) is 10.1 Å². The van der Waals surface area contributed by atoms with E-state index >= 15 is 0 Å². The van der Waals surface area contributed by atoms with Crippen LogP contribution in [0.3, 0.4) is 0 Å². The Morgan fingerprint density at radius 1 is 1.26 bits per heavy atom. The standard InChI is InChI=1S/C22H19F2N3O3S/c23-22(24)4-5-27(13-22)6-7-29-15-1-2-19-16(9-15)17(26-28)10-20(30-19)18-11-21-14(12-25-18)3-8-31-21/h1-3,8-12,28H,4-7,13H2/b26-17-. The van der Waals surface area contributed by atoms with Crippen LogP contribution in [0.4, 0.5) is 8.78 Å². The summed E-state index contributed by atoms with van der Waals surface area (Å²) in [5.41, 5.74) is 1.16. The predicted octanol–water partition coefficient (Wildman–Crippen LogP) is 4.72. The summed E-state index contributed by atoms with van der Waals surface area (Å²) in [7, 11) is 0. The van der Waals surface area contributed by atoms with Crippen molar-refractivity contribution < 1.29 is 23.1 Å². The summed E-state index contributed by atoms with van der Waals surface area (Å²) in [5, 5.41) is 16.9. The summed E-state index contributed by atoms with van der Waals surface area (Å²) >= 11 is 1.61. The van der Waals surface area contributed by atoms with Gasteiger partial charge in [-0.15, -0.1) is 11.3 Å². The third-order valence-electron chi connectivity index (χ3n) is 5.34. The van der Waals surface area contributed by atoms with Gasteiger partial charge in [-0.3, -0.25) is 9.88 Å². The molecule has 6 nitrogen and oxygen atoms in total. The van der Waals surface area contributed by atoms with Crippen molar-refractivity contribution >= 4 is 32.4 Å². The summed E-state index contributed by atoms with van der Waals surface area (Å²) < 4.78 is 39.4. The second kappa shape index (κ2) is 7.90. The SMILES string of the molecule is O/N=c1/cc(-c2cc3sccc3cn2)oc2ccc(OCCN3CCC(F)(F)C3)cc12. The molecule has 31 heavy (non-hydrogen) atoms. The second-order valence-electron chi connectivity index (χ2n) is 7.51. The highest BCUT2D eigenvalue weighted by atomic mass is 32.1. The number of nitrogens with zero attached hydrogens (tertiary/aromatic N) is 3. The van der Waals surface area contributed by atoms with Gasteiger partial charge in [-0.25, -0.2) is 8.78 Å². The van der Waals surface area contributed by atoms with E-state index in [-0.39, 0.29) is 19.6 Å². The normalized spacial score (nSPS) is 17.0. The maximum absolute atomic E-state index is 13.3. The Kier molecular flexibility index (Phi) is 5.07. The third-order valence-corrected chi connectivity index (χ3v) is 6.22. The lowest BCUT2D eigenvalue weighted by Crippen LogP contribution is -2.29. The molecule has 1 aromatic carbocycles. The monoisotopic (exact) mass is 443 g/mol. The van der Waals surface area contributed by atoms with Gasteiger partial charge in [-0.05, 0) is 35.7 Å². The van der Waals surface area contributed by atoms with Gasteiger partial charge in [0.25, 0.3) is 5.92 Å². The van der Waals surface area contributed by atoms with Gasteiger partial charge in [-0.1, -0.05) is 5.16 Å². The Morgan fingerprint density at radius 2 is 2.16 bits per heavy atom. The number of hydrogen-bond donors (Lipinski definition) is 1. The van der Waals surface area contributed by atoms with Crippen molar-refractivity contribution in [2.24, 2.45) is 5.16 Å². The molecule has 1 aliphatic rings. The van der Waals surface area contributed by atoms with E-state index < -0.39 is 5.92 Å². The minimum Gasteiger partial charge on any atom is -0.492 e. The van der Waals surface area contributed by atoms with Crippen molar-refractivity contribution in [2.45, 2.75) is 12.3 Å². The van der Waals surface area contributed by atoms with Gasteiger partial charge in [-0.2, -0.15) is 0 Å². The van der Waals surface area contributed by atoms with Crippen LogP contribution >= 0.6 is 11.3 Å². The van der Waals surface area contributed by atoms with Gasteiger partial charge in [0, 0.05) is 41.9 Å². The van der Waals surface area contributed by atoms with E-state index in [2.05, 4.69) is 10.1 Å². The molecular formula is C22H19F2N3O3S. The van der Waals surface area contributed by atoms with Crippen LogP contribution in [-0.2, 0) is 0 Å². The number of halogens is 2. The topological polar surface area (TPSA) is 71.1 Å². The van der Waals surface area contributed by atoms with Crippen LogP contribution in [0.1, 0.15) is 6.42 Å². The zero-order chi connectivity index (χ0) is 21.4. The number of rotatable bonds is 5. The molecule has 3 aromatic heterocycles. The minimum atomic E-state index is -2.61. The summed E-state index contributed by atoms with van der Waals surface area (Å²) in [4.78, 5) is 6.13. The molecule has 0 radical (unpaired) electrons. The number of hydrogen-bond acceptors (Lipinski definition) is 7. The Hall–Kier alpha value is -3.04. The Morgan fingerprint density at radius 3 is 2.97 bits per heavy atom. The molecule has 5 rings (SSSR count). The fraction of sp³-hybridized carbons (Fsp3) is 0.273. The molecule has 0 spiro atoms. The number of fused-ring (bicyclic) bond motifs is 2. The molecule has 9 heteroatoms. The molecule has 1 N–H and O–H groups in total. The zero-order valence-electron chi connectivity index (χ0n) is 16.4. The Balaban J connectivity index is 1.38. The summed E-state index contributed by atoms with van der Waals surface area (Å²) in [6, 6.07) is 10.7. The highest BCUT2D eigenvalue weighted by Crippen LogP contribution is 2.28. The minimum absolute atomic E-state index is 0.109. The van der Waals surface area contributed by atoms with Crippen LogP contribution in [0.15, 0.2) is 57.5 Å². The number of ether oxygens (including phenoxy) is 1. The Labute approximate surface area is 180 Å². The van der Waals surface area contributed by atoms with Gasteiger partial charge in [0.1, 0.15) is 29.0 Å². The van der Waals surface area contributed by atoms with E-state index in [1.807, 2.05) is 17.5 Å². The first-order valence-corrected chi connectivity index (χ1v) is 10.7. The van der Waals surface area contributed by atoms with Gasteiger partial charge in [0.05, 0.1) is 11.9 Å². The molecule has 4 heterocycles. The van der Waals surface area contributed by atoms with Crippen molar-refractivity contribution in [1.29, 1.82) is 0 Å². The van der Waals surface area contributed by atoms with Crippen molar-refractivity contribution in [3.63, 3.8) is 0 Å². The lowest BCUT2D eigenvalue weighted by molar-refractivity contribution is 0.0113. The molecule has 0 unspecified atom stereocenters. The molecule has 1 fully saturated rings. The number of likely N-dealkylation sites (tertiary alicyclic amines) is 1. The van der Waals surface area contributed by atoms with Crippen molar-refractivity contribution in [1.82, 2.24) is 9.88 Å². The summed E-state index contributed by atoms with van der Waals surface area (Å²) in [6.45, 7) is 0.849. The number of alkyl halides is 2. The first-order chi connectivity index (χ1) is 15.0. The van der Waals surface area contributed by atoms with E-state index in [0.29, 0.717) is 46.6 Å². The molecule has 0 atom stereocenters. The predicted molar refractivity (Wildman–Crippen MR) is 114 cm³/mol. The molecular weight excluding hydrogens is 424 g/mol. The highest BCUT2D eigenvalue weighted by molar-refractivity contribution is 7.17. The molecule has 1 saturated heterocycles. The van der Waals surface area contributed by atoms with Crippen LogP contribution < -0.4 is 10.1 Å². The maximum Gasteiger partial charge on any atom is 0.261 e. The largest absolute Gasteiger partial charge is 0.492 e. The highest BCUT2D eigenvalue weighted by Gasteiger charge is 2.37. The van der Waals surface area contributed by atoms with Crippen LogP contribution in [0.5, 0.6) is 5.75 Å². The lowest BCUT2D eigenvalue weighted by atomic mass is 10.1. The zero-order valence-corrected chi connectivity index (χ0v) is 17.2. The number of aromatic nitrogens is 1. The molecule has 1 aliphatic heterocycles. The molecule has 0 aliphatic carbocycles. The van der Waals surface area contributed by atoms with Gasteiger partial charge < -0.3 is 14.4 Å². The quantitative estimate of drug-likeness (QED) is 0.357. The molecule has 160 valence electrons. The fourth-order valence-corrected chi connectivity index (χ4v) is 4.53. The first-order valence-electron chi connectivity index (χ1n) is 9.83. The second-order valence-corrected chi connectivity index (χ2v) is 8.46. The van der Waals surface area contributed by atoms with Crippen LogP contribution in [-0.4, -0.2) is 47.3 Å². The van der Waals surface area contributed by atoms with Crippen LogP contribution in [0.2, 0.25) is 0 Å². The molecule has 0 bridgehead atoms. The van der Waals surface area contributed by atoms with Crippen LogP contribution in [0, 0.1) is 0 Å². The molecule has 0 amide bonds. The third kappa shape index (κ3) is 4.11. The lowest BCUT2D eigenvalue weighted by Gasteiger charge is -2.16. The van der Waals surface area contributed by atoms with Crippen LogP contribution in [0.25, 0.3) is 32.5 Å². The van der Waals surface area contributed by atoms with Gasteiger partial charge in [0.15, 0.2) is 5.76 Å². The smallest absolute Gasteiger partial charge is 0.261 e. The average molecular weight is 443 g/mol. The number of benzene rings is 1. The first kappa shape index (κ1) is 19.9. The van der Waals surface area contributed by atoms with E-state index in [1.54, 1.807) is 46.7 Å². The van der Waals surface area contributed by atoms with E-state index in [9.17, 15) is 14.0 Å². The van der Waals surface area contributed by atoms with E-state index in [1.165, 1.54) is 0 Å². The van der Waals surface area contributed by atoms with E-state index in [4.69, 9.17) is 9.15 Å². The molecule has 4 aromatic rings. The fourth-order valence-electron chi connectivity index (χ4n) is 3.73. The van der Waals surface area contributed by atoms with Crippen molar-refractivity contribution in [2.75, 3.05) is 26.2 Å². The summed E-state index contributed by atoms with van der Waals surface area (Å²) in [5.74, 6) is -1.58. The van der Waals surface area contributed by atoms with Crippen molar-refractivity contribution in [3.8, 4) is 17.2 Å². The number of thiophene rings is 1. The maximum atomic E-state index is 13.3. The Bertz CT molecular complexity index is 1320. The average Bonchev–Trinajstić information content (AvgIpc) is 3.38.